The highest BCUT2D eigenvalue weighted by molar-refractivity contribution is 7.89. The van der Waals surface area contributed by atoms with Crippen molar-refractivity contribution in [1.29, 1.82) is 0 Å². The fourth-order valence-corrected chi connectivity index (χ4v) is 4.44. The smallest absolute Gasteiger partial charge is 0.243 e. The number of sulfonamides is 1. The maximum atomic E-state index is 13.2. The van der Waals surface area contributed by atoms with Crippen molar-refractivity contribution >= 4 is 15.9 Å². The fourth-order valence-electron chi connectivity index (χ4n) is 3.03. The second-order valence-electron chi connectivity index (χ2n) is 6.91. The second kappa shape index (κ2) is 9.65. The van der Waals surface area contributed by atoms with Gasteiger partial charge in [0.25, 0.3) is 0 Å². The number of halogens is 1. The number of hydrogen-bond donors (Lipinski definition) is 1. The Morgan fingerprint density at radius 1 is 0.933 bits per heavy atom. The molecule has 156 valence electrons. The van der Waals surface area contributed by atoms with Crippen molar-refractivity contribution in [3.63, 3.8) is 0 Å². The van der Waals surface area contributed by atoms with Gasteiger partial charge in [0.2, 0.25) is 15.9 Å². The van der Waals surface area contributed by atoms with E-state index in [-0.39, 0.29) is 24.0 Å². The first kappa shape index (κ1) is 21.7. The van der Waals surface area contributed by atoms with Crippen LogP contribution in [0.15, 0.2) is 89.8 Å². The lowest BCUT2D eigenvalue weighted by atomic mass is 10.1. The molecule has 0 radical (unpaired) electrons. The molecule has 30 heavy (non-hydrogen) atoms. The summed E-state index contributed by atoms with van der Waals surface area (Å²) in [4.78, 5) is 12.8. The minimum Gasteiger partial charge on any atom is -0.348 e. The number of amides is 1. The van der Waals surface area contributed by atoms with Gasteiger partial charge < -0.3 is 5.32 Å². The molecule has 7 heteroatoms. The number of carbonyl (C=O) groups is 1. The van der Waals surface area contributed by atoms with E-state index in [1.54, 1.807) is 18.2 Å². The number of benzene rings is 3. The van der Waals surface area contributed by atoms with Gasteiger partial charge in [0.1, 0.15) is 5.82 Å². The summed E-state index contributed by atoms with van der Waals surface area (Å²) in [6.45, 7) is 1.43. The predicted molar refractivity (Wildman–Crippen MR) is 113 cm³/mol. The highest BCUT2D eigenvalue weighted by Crippen LogP contribution is 2.19. The van der Waals surface area contributed by atoms with Crippen molar-refractivity contribution in [1.82, 2.24) is 9.62 Å². The molecule has 0 aliphatic rings. The molecule has 0 aliphatic carbocycles. The molecule has 5 nitrogen and oxygen atoms in total. The average Bonchev–Trinajstić information content (AvgIpc) is 2.76. The summed E-state index contributed by atoms with van der Waals surface area (Å²) in [6, 6.07) is 22.6. The molecule has 0 aliphatic heterocycles. The number of carbonyl (C=O) groups excluding carboxylic acids is 1. The van der Waals surface area contributed by atoms with Crippen molar-refractivity contribution in [3.8, 4) is 0 Å². The Balaban J connectivity index is 1.81. The molecular weight excluding hydrogens is 403 g/mol. The Bertz CT molecular complexity index is 1070. The van der Waals surface area contributed by atoms with Gasteiger partial charge in [-0.1, -0.05) is 60.7 Å². The van der Waals surface area contributed by atoms with E-state index in [0.29, 0.717) is 5.56 Å². The van der Waals surface area contributed by atoms with Crippen LogP contribution >= 0.6 is 0 Å². The summed E-state index contributed by atoms with van der Waals surface area (Å²) in [5, 5.41) is 2.84. The number of nitrogens with one attached hydrogen (secondary N) is 1. The second-order valence-corrected chi connectivity index (χ2v) is 8.85. The third-order valence-corrected chi connectivity index (χ3v) is 6.46. The number of rotatable bonds is 8. The van der Waals surface area contributed by atoms with E-state index >= 15 is 0 Å². The van der Waals surface area contributed by atoms with E-state index in [1.807, 2.05) is 37.3 Å². The van der Waals surface area contributed by atoms with Crippen molar-refractivity contribution < 1.29 is 17.6 Å². The molecule has 3 aromatic carbocycles. The van der Waals surface area contributed by atoms with Crippen LogP contribution in [0.25, 0.3) is 0 Å². The van der Waals surface area contributed by atoms with Crippen molar-refractivity contribution in [3.05, 3.63) is 102 Å². The summed E-state index contributed by atoms with van der Waals surface area (Å²) in [7, 11) is -3.93. The fraction of sp³-hybridized carbons (Fsp3) is 0.174. The first-order valence-corrected chi connectivity index (χ1v) is 10.9. The van der Waals surface area contributed by atoms with Crippen LogP contribution < -0.4 is 5.32 Å². The van der Waals surface area contributed by atoms with Gasteiger partial charge in [0.05, 0.1) is 17.5 Å². The monoisotopic (exact) mass is 426 g/mol. The molecule has 0 fully saturated rings. The lowest BCUT2D eigenvalue weighted by Crippen LogP contribution is -2.41. The van der Waals surface area contributed by atoms with E-state index in [0.717, 1.165) is 9.87 Å². The Hall–Kier alpha value is -3.03. The zero-order chi connectivity index (χ0) is 21.6. The van der Waals surface area contributed by atoms with Gasteiger partial charge in [-0.15, -0.1) is 0 Å². The predicted octanol–water partition coefficient (Wildman–Crippen LogP) is 3.89. The average molecular weight is 427 g/mol. The quantitative estimate of drug-likeness (QED) is 0.594. The summed E-state index contributed by atoms with van der Waals surface area (Å²) < 4.78 is 40.7. The third kappa shape index (κ3) is 5.52. The Labute approximate surface area is 176 Å². The van der Waals surface area contributed by atoms with Crippen LogP contribution in [0.3, 0.4) is 0 Å². The molecule has 0 aromatic heterocycles. The van der Waals surface area contributed by atoms with E-state index in [1.165, 1.54) is 36.4 Å². The minimum absolute atomic E-state index is 0.0509. The van der Waals surface area contributed by atoms with Gasteiger partial charge >= 0.3 is 0 Å². The zero-order valence-electron chi connectivity index (χ0n) is 16.5. The van der Waals surface area contributed by atoms with Gasteiger partial charge in [-0.3, -0.25) is 4.79 Å². The number of nitrogens with zero attached hydrogens (tertiary/aromatic N) is 1. The maximum Gasteiger partial charge on any atom is 0.243 e. The lowest BCUT2D eigenvalue weighted by molar-refractivity contribution is -0.122. The summed E-state index contributed by atoms with van der Waals surface area (Å²) >= 11 is 0. The van der Waals surface area contributed by atoms with E-state index < -0.39 is 21.7 Å². The van der Waals surface area contributed by atoms with E-state index in [4.69, 9.17) is 0 Å². The van der Waals surface area contributed by atoms with Gasteiger partial charge in [0.15, 0.2) is 0 Å². The lowest BCUT2D eigenvalue weighted by Gasteiger charge is -2.23. The van der Waals surface area contributed by atoms with Crippen molar-refractivity contribution in [2.45, 2.75) is 24.4 Å². The summed E-state index contributed by atoms with van der Waals surface area (Å²) in [5.41, 5.74) is 1.50. The Morgan fingerprint density at radius 3 is 2.10 bits per heavy atom. The van der Waals surface area contributed by atoms with Crippen molar-refractivity contribution in [2.24, 2.45) is 0 Å². The highest BCUT2D eigenvalue weighted by atomic mass is 32.2. The van der Waals surface area contributed by atoms with Crippen LogP contribution in [0, 0.1) is 5.82 Å². The first-order valence-electron chi connectivity index (χ1n) is 9.50. The largest absolute Gasteiger partial charge is 0.348 e. The van der Waals surface area contributed by atoms with Crippen LogP contribution in [-0.2, 0) is 21.4 Å². The molecule has 0 spiro atoms. The molecule has 1 amide bonds. The van der Waals surface area contributed by atoms with Crippen LogP contribution in [0.5, 0.6) is 0 Å². The molecule has 0 saturated carbocycles. The van der Waals surface area contributed by atoms with Crippen LogP contribution in [-0.4, -0.2) is 25.2 Å². The Morgan fingerprint density at radius 2 is 1.50 bits per heavy atom. The summed E-state index contributed by atoms with van der Waals surface area (Å²) in [6.07, 6.45) is 0. The van der Waals surface area contributed by atoms with E-state index in [9.17, 15) is 17.6 Å². The van der Waals surface area contributed by atoms with E-state index in [2.05, 4.69) is 5.32 Å². The molecule has 3 aromatic rings. The van der Waals surface area contributed by atoms with Gasteiger partial charge in [-0.25, -0.2) is 12.8 Å². The molecular formula is C23H23FN2O3S. The van der Waals surface area contributed by atoms with Gasteiger partial charge in [0, 0.05) is 6.54 Å². The maximum absolute atomic E-state index is 13.2. The number of hydrogen-bond acceptors (Lipinski definition) is 3. The molecule has 3 rings (SSSR count). The van der Waals surface area contributed by atoms with Gasteiger partial charge in [-0.05, 0) is 42.3 Å². The third-order valence-electron chi connectivity index (χ3n) is 4.65. The topological polar surface area (TPSA) is 66.5 Å². The molecule has 0 bridgehead atoms. The Kier molecular flexibility index (Phi) is 6.97. The normalized spacial score (nSPS) is 12.5. The molecule has 0 heterocycles. The molecule has 0 saturated heterocycles. The molecule has 0 unspecified atom stereocenters. The SMILES string of the molecule is C[C@@H](NC(=O)CN(Cc1ccc(F)cc1)S(=O)(=O)c1ccccc1)c1ccccc1. The zero-order valence-corrected chi connectivity index (χ0v) is 17.3. The molecule has 1 atom stereocenters. The standard InChI is InChI=1S/C23H23FN2O3S/c1-18(20-8-4-2-5-9-20)25-23(27)17-26(16-19-12-14-21(24)15-13-19)30(28,29)22-10-6-3-7-11-22/h2-15,18H,16-17H2,1H3,(H,25,27)/t18-/m1/s1. The highest BCUT2D eigenvalue weighted by Gasteiger charge is 2.27. The van der Waals surface area contributed by atoms with Crippen LogP contribution in [0.4, 0.5) is 4.39 Å². The van der Waals surface area contributed by atoms with Crippen molar-refractivity contribution in [2.75, 3.05) is 6.54 Å². The van der Waals surface area contributed by atoms with Crippen LogP contribution in [0.1, 0.15) is 24.1 Å². The minimum atomic E-state index is -3.93. The van der Waals surface area contributed by atoms with Gasteiger partial charge in [-0.2, -0.15) is 4.31 Å². The first-order chi connectivity index (χ1) is 14.4. The van der Waals surface area contributed by atoms with Crippen LogP contribution in [0.2, 0.25) is 0 Å². The summed E-state index contributed by atoms with van der Waals surface area (Å²) in [5.74, 6) is -0.835. The molecule has 1 N–H and O–H groups in total.